The third kappa shape index (κ3) is 1.56. The van der Waals surface area contributed by atoms with Gasteiger partial charge in [0.2, 0.25) is 11.8 Å². The molecule has 2 saturated carbocycles. The van der Waals surface area contributed by atoms with Gasteiger partial charge in [-0.1, -0.05) is 13.8 Å². The first-order chi connectivity index (χ1) is 8.93. The van der Waals surface area contributed by atoms with E-state index in [9.17, 15) is 19.5 Å². The minimum absolute atomic E-state index is 0.230. The standard InChI is InChI=1S/C14H19NO4/c1-6(2)11(14(18)19)15-12(16)9-7-3-4-8(5-7)10(9)13(15)17/h6-11H,3-5H2,1-2H3,(H,18,19)/t7-,8+,9-,10-,11-/m0/s1. The molecule has 0 aromatic heterocycles. The van der Waals surface area contributed by atoms with Gasteiger partial charge in [0, 0.05) is 0 Å². The van der Waals surface area contributed by atoms with E-state index in [1.807, 2.05) is 0 Å². The van der Waals surface area contributed by atoms with E-state index in [1.165, 1.54) is 0 Å². The second-order valence-electron chi connectivity index (χ2n) is 6.46. The largest absolute Gasteiger partial charge is 0.480 e. The lowest BCUT2D eigenvalue weighted by atomic mass is 9.81. The zero-order valence-corrected chi connectivity index (χ0v) is 11.2. The van der Waals surface area contributed by atoms with Gasteiger partial charge in [-0.15, -0.1) is 0 Å². The lowest BCUT2D eigenvalue weighted by molar-refractivity contribution is -0.157. The molecule has 0 radical (unpaired) electrons. The molecule has 1 saturated heterocycles. The van der Waals surface area contributed by atoms with Crippen LogP contribution in [0.3, 0.4) is 0 Å². The molecule has 2 bridgehead atoms. The maximum Gasteiger partial charge on any atom is 0.327 e. The Balaban J connectivity index is 1.94. The molecule has 0 aromatic carbocycles. The van der Waals surface area contributed by atoms with Crippen LogP contribution in [0.1, 0.15) is 33.1 Å². The number of likely N-dealkylation sites (tertiary alicyclic amines) is 1. The van der Waals surface area contributed by atoms with E-state index in [1.54, 1.807) is 13.8 Å². The molecular formula is C14H19NO4. The van der Waals surface area contributed by atoms with E-state index in [0.29, 0.717) is 11.8 Å². The number of amides is 2. The first-order valence-electron chi connectivity index (χ1n) is 7.03. The van der Waals surface area contributed by atoms with Crippen LogP contribution < -0.4 is 0 Å². The van der Waals surface area contributed by atoms with Gasteiger partial charge in [0.05, 0.1) is 11.8 Å². The Labute approximate surface area is 112 Å². The van der Waals surface area contributed by atoms with Crippen LogP contribution in [0.4, 0.5) is 0 Å². The van der Waals surface area contributed by atoms with Crippen molar-refractivity contribution in [1.82, 2.24) is 4.90 Å². The molecule has 5 nitrogen and oxygen atoms in total. The number of rotatable bonds is 3. The van der Waals surface area contributed by atoms with Crippen LogP contribution >= 0.6 is 0 Å². The van der Waals surface area contributed by atoms with E-state index < -0.39 is 12.0 Å². The normalized spacial score (nSPS) is 38.2. The number of fused-ring (bicyclic) bond motifs is 5. The highest BCUT2D eigenvalue weighted by atomic mass is 16.4. The van der Waals surface area contributed by atoms with Gasteiger partial charge in [0.15, 0.2) is 0 Å². The molecule has 3 fully saturated rings. The molecule has 3 aliphatic rings. The predicted molar refractivity (Wildman–Crippen MR) is 65.9 cm³/mol. The summed E-state index contributed by atoms with van der Waals surface area (Å²) in [7, 11) is 0. The van der Waals surface area contributed by atoms with Gasteiger partial charge < -0.3 is 5.11 Å². The van der Waals surface area contributed by atoms with Crippen LogP contribution in [-0.2, 0) is 14.4 Å². The number of carbonyl (C=O) groups excluding carboxylic acids is 2. The Morgan fingerprint density at radius 1 is 1.16 bits per heavy atom. The highest BCUT2D eigenvalue weighted by Crippen LogP contribution is 2.56. The quantitative estimate of drug-likeness (QED) is 0.776. The molecular weight excluding hydrogens is 246 g/mol. The fraction of sp³-hybridized carbons (Fsp3) is 0.786. The fourth-order valence-electron chi connectivity index (χ4n) is 4.40. The number of carboxylic acids is 1. The second-order valence-corrected chi connectivity index (χ2v) is 6.46. The van der Waals surface area contributed by atoms with Crippen LogP contribution in [0, 0.1) is 29.6 Å². The Bertz CT molecular complexity index is 430. The average Bonchev–Trinajstić information content (AvgIpc) is 2.97. The molecule has 5 atom stereocenters. The van der Waals surface area contributed by atoms with Crippen LogP contribution in [0.15, 0.2) is 0 Å². The molecule has 5 heteroatoms. The van der Waals surface area contributed by atoms with Gasteiger partial charge in [-0.25, -0.2) is 4.79 Å². The number of aliphatic carboxylic acids is 1. The van der Waals surface area contributed by atoms with E-state index in [-0.39, 0.29) is 29.6 Å². The molecule has 19 heavy (non-hydrogen) atoms. The third-order valence-electron chi connectivity index (χ3n) is 5.12. The van der Waals surface area contributed by atoms with E-state index in [2.05, 4.69) is 0 Å². The number of carbonyl (C=O) groups is 3. The second kappa shape index (κ2) is 4.05. The van der Waals surface area contributed by atoms with Gasteiger partial charge in [-0.05, 0) is 37.0 Å². The zero-order chi connectivity index (χ0) is 13.9. The van der Waals surface area contributed by atoms with Crippen molar-refractivity contribution in [1.29, 1.82) is 0 Å². The minimum atomic E-state index is -1.08. The van der Waals surface area contributed by atoms with Crippen molar-refractivity contribution >= 4 is 17.8 Å². The molecule has 3 rings (SSSR count). The third-order valence-corrected chi connectivity index (χ3v) is 5.12. The Hall–Kier alpha value is -1.39. The van der Waals surface area contributed by atoms with Crippen LogP contribution in [0.25, 0.3) is 0 Å². The Kier molecular flexibility index (Phi) is 2.69. The van der Waals surface area contributed by atoms with Crippen molar-refractivity contribution in [2.75, 3.05) is 0 Å². The first-order valence-corrected chi connectivity index (χ1v) is 7.03. The van der Waals surface area contributed by atoms with Crippen LogP contribution in [-0.4, -0.2) is 33.8 Å². The van der Waals surface area contributed by atoms with E-state index in [0.717, 1.165) is 24.2 Å². The summed E-state index contributed by atoms with van der Waals surface area (Å²) < 4.78 is 0. The van der Waals surface area contributed by atoms with E-state index in [4.69, 9.17) is 0 Å². The maximum atomic E-state index is 12.5. The van der Waals surface area contributed by atoms with Gasteiger partial charge in [0.1, 0.15) is 6.04 Å². The SMILES string of the molecule is CC(C)[C@@H](C(=O)O)N1C(=O)[C@H]2[C@@H]3CC[C@@H](C3)[C@@H]2C1=O. The van der Waals surface area contributed by atoms with Crippen LogP contribution in [0.2, 0.25) is 0 Å². The molecule has 0 unspecified atom stereocenters. The summed E-state index contributed by atoms with van der Waals surface area (Å²) in [6.07, 6.45) is 3.00. The molecule has 1 heterocycles. The highest BCUT2D eigenvalue weighted by molar-refractivity contribution is 6.08. The minimum Gasteiger partial charge on any atom is -0.480 e. The maximum absolute atomic E-state index is 12.5. The van der Waals surface area contributed by atoms with Crippen molar-refractivity contribution in [3.8, 4) is 0 Å². The lowest BCUT2D eigenvalue weighted by Crippen LogP contribution is -2.49. The Morgan fingerprint density at radius 3 is 2.00 bits per heavy atom. The monoisotopic (exact) mass is 265 g/mol. The van der Waals surface area contributed by atoms with Gasteiger partial charge in [-0.3, -0.25) is 14.5 Å². The molecule has 2 amide bonds. The number of hydrogen-bond acceptors (Lipinski definition) is 3. The summed E-state index contributed by atoms with van der Waals surface area (Å²) in [4.78, 5) is 37.4. The van der Waals surface area contributed by atoms with Crippen molar-refractivity contribution in [3.05, 3.63) is 0 Å². The number of nitrogens with zero attached hydrogens (tertiary/aromatic N) is 1. The number of carboxylic acid groups (broad SMARTS) is 1. The summed E-state index contributed by atoms with van der Waals surface area (Å²) in [5.41, 5.74) is 0. The van der Waals surface area contributed by atoms with Crippen LogP contribution in [0.5, 0.6) is 0 Å². The number of hydrogen-bond donors (Lipinski definition) is 1. The molecule has 0 aromatic rings. The number of imide groups is 1. The smallest absolute Gasteiger partial charge is 0.327 e. The highest BCUT2D eigenvalue weighted by Gasteiger charge is 2.62. The topological polar surface area (TPSA) is 74.7 Å². The molecule has 1 N–H and O–H groups in total. The van der Waals surface area contributed by atoms with Gasteiger partial charge in [0.25, 0.3) is 0 Å². The molecule has 2 aliphatic carbocycles. The summed E-state index contributed by atoms with van der Waals surface area (Å²) in [6, 6.07) is -1.01. The van der Waals surface area contributed by atoms with Crippen molar-refractivity contribution < 1.29 is 19.5 Å². The van der Waals surface area contributed by atoms with Crippen molar-refractivity contribution in [2.45, 2.75) is 39.2 Å². The first kappa shape index (κ1) is 12.6. The average molecular weight is 265 g/mol. The summed E-state index contributed by atoms with van der Waals surface area (Å²) in [5.74, 6) is -1.66. The van der Waals surface area contributed by atoms with E-state index >= 15 is 0 Å². The molecule has 1 aliphatic heterocycles. The predicted octanol–water partition coefficient (Wildman–Crippen LogP) is 1.13. The van der Waals surface area contributed by atoms with Gasteiger partial charge in [-0.2, -0.15) is 0 Å². The van der Waals surface area contributed by atoms with Crippen molar-refractivity contribution in [3.63, 3.8) is 0 Å². The Morgan fingerprint density at radius 2 is 1.63 bits per heavy atom. The van der Waals surface area contributed by atoms with Crippen molar-refractivity contribution in [2.24, 2.45) is 29.6 Å². The molecule has 0 spiro atoms. The van der Waals surface area contributed by atoms with Gasteiger partial charge >= 0.3 is 5.97 Å². The summed E-state index contributed by atoms with van der Waals surface area (Å²) in [6.45, 7) is 3.48. The summed E-state index contributed by atoms with van der Waals surface area (Å²) >= 11 is 0. The fourth-order valence-corrected chi connectivity index (χ4v) is 4.40. The lowest BCUT2D eigenvalue weighted by Gasteiger charge is -2.27. The summed E-state index contributed by atoms with van der Waals surface area (Å²) in [5, 5.41) is 9.30. The zero-order valence-electron chi connectivity index (χ0n) is 11.2. The molecule has 104 valence electrons.